The van der Waals surface area contributed by atoms with E-state index >= 15 is 0 Å². The number of nitrogens with one attached hydrogen (secondary N) is 4. The van der Waals surface area contributed by atoms with Crippen molar-refractivity contribution in [2.24, 2.45) is 0 Å². The Balaban J connectivity index is 1.40. The molecule has 1 aliphatic heterocycles. The number of piperidine rings is 1. The van der Waals surface area contributed by atoms with Crippen LogP contribution in [0, 0.1) is 0 Å². The van der Waals surface area contributed by atoms with Crippen LogP contribution in [0.2, 0.25) is 5.02 Å². The van der Waals surface area contributed by atoms with Crippen molar-refractivity contribution in [2.75, 3.05) is 19.6 Å². The lowest BCUT2D eigenvalue weighted by atomic mass is 10.0. The van der Waals surface area contributed by atoms with Gasteiger partial charge < -0.3 is 26.0 Å². The number of aryl methyl sites for hydroxylation is 1. The molecule has 8 heteroatoms. The summed E-state index contributed by atoms with van der Waals surface area (Å²) in [7, 11) is 0. The first-order valence-corrected chi connectivity index (χ1v) is 8.57. The molecule has 130 valence electrons. The second-order valence-corrected chi connectivity index (χ2v) is 6.45. The second kappa shape index (κ2) is 7.83. The normalized spacial score (nSPS) is 20.9. The number of nitrogens with zero attached hydrogens (tertiary/aromatic N) is 1. The largest absolute Gasteiger partial charge is 0.390 e. The van der Waals surface area contributed by atoms with Crippen LogP contribution in [-0.2, 0) is 6.42 Å². The van der Waals surface area contributed by atoms with E-state index in [9.17, 15) is 9.90 Å². The quantitative estimate of drug-likeness (QED) is 0.522. The lowest BCUT2D eigenvalue weighted by Crippen LogP contribution is -2.54. The van der Waals surface area contributed by atoms with E-state index in [1.807, 2.05) is 18.2 Å². The number of urea groups is 1. The third-order valence-corrected chi connectivity index (χ3v) is 4.37. The second-order valence-electron chi connectivity index (χ2n) is 6.02. The maximum Gasteiger partial charge on any atom is 0.315 e. The maximum atomic E-state index is 11.9. The van der Waals surface area contributed by atoms with Crippen LogP contribution in [0.3, 0.4) is 0 Å². The molecule has 3 rings (SSSR count). The predicted octanol–water partition coefficient (Wildman–Crippen LogP) is 1.17. The summed E-state index contributed by atoms with van der Waals surface area (Å²) in [5.74, 6) is 0.878. The third-order valence-electron chi connectivity index (χ3n) is 4.14. The maximum absolute atomic E-state index is 11.9. The number of aliphatic hydroxyl groups excluding tert-OH is 1. The van der Waals surface area contributed by atoms with Crippen LogP contribution in [0.4, 0.5) is 4.79 Å². The van der Waals surface area contributed by atoms with Crippen molar-refractivity contribution in [3.05, 3.63) is 29.0 Å². The van der Waals surface area contributed by atoms with E-state index in [2.05, 4.69) is 25.9 Å². The molecule has 2 amide bonds. The highest BCUT2D eigenvalue weighted by Crippen LogP contribution is 2.17. The number of aliphatic hydroxyl groups is 1. The molecule has 0 spiro atoms. The van der Waals surface area contributed by atoms with Gasteiger partial charge in [-0.3, -0.25) is 0 Å². The van der Waals surface area contributed by atoms with Crippen LogP contribution in [0.5, 0.6) is 0 Å². The SMILES string of the molecule is O=C(NCCCc1nc2ccc(Cl)cc2[nH]1)N[C@@H]1CCNC[C@H]1O. The molecule has 2 aromatic rings. The molecule has 2 heterocycles. The number of aromatic amines is 1. The monoisotopic (exact) mass is 351 g/mol. The van der Waals surface area contributed by atoms with Gasteiger partial charge >= 0.3 is 6.03 Å². The van der Waals surface area contributed by atoms with Crippen LogP contribution in [0.1, 0.15) is 18.7 Å². The van der Waals surface area contributed by atoms with E-state index in [0.29, 0.717) is 18.1 Å². The van der Waals surface area contributed by atoms with Gasteiger partial charge in [-0.05, 0) is 37.6 Å². The Bertz CT molecular complexity index is 705. The molecule has 0 saturated carbocycles. The lowest BCUT2D eigenvalue weighted by Gasteiger charge is -2.29. The Morgan fingerprint density at radius 3 is 3.17 bits per heavy atom. The number of H-pyrrole nitrogens is 1. The van der Waals surface area contributed by atoms with Crippen LogP contribution in [0.15, 0.2) is 18.2 Å². The van der Waals surface area contributed by atoms with Crippen molar-refractivity contribution in [1.82, 2.24) is 25.9 Å². The van der Waals surface area contributed by atoms with Crippen molar-refractivity contribution < 1.29 is 9.90 Å². The molecule has 0 unspecified atom stereocenters. The highest BCUT2D eigenvalue weighted by atomic mass is 35.5. The van der Waals surface area contributed by atoms with Gasteiger partial charge in [-0.2, -0.15) is 0 Å². The third kappa shape index (κ3) is 4.37. The molecule has 0 radical (unpaired) electrons. The first-order chi connectivity index (χ1) is 11.6. The average molecular weight is 352 g/mol. The smallest absolute Gasteiger partial charge is 0.315 e. The molecule has 1 aromatic carbocycles. The summed E-state index contributed by atoms with van der Waals surface area (Å²) in [5, 5.41) is 19.2. The molecule has 5 N–H and O–H groups in total. The number of β-amino-alcohol motifs (C(OH)–C–C–N with tert-alkyl or cyclic N) is 1. The first kappa shape index (κ1) is 17.0. The van der Waals surface area contributed by atoms with Gasteiger partial charge in [-0.1, -0.05) is 11.6 Å². The van der Waals surface area contributed by atoms with Gasteiger partial charge in [0.05, 0.1) is 23.2 Å². The minimum atomic E-state index is -0.535. The number of benzene rings is 1. The van der Waals surface area contributed by atoms with Gasteiger partial charge in [0.15, 0.2) is 0 Å². The van der Waals surface area contributed by atoms with Gasteiger partial charge in [0.2, 0.25) is 0 Å². The minimum Gasteiger partial charge on any atom is -0.390 e. The molecule has 0 aliphatic carbocycles. The van der Waals surface area contributed by atoms with Gasteiger partial charge in [0, 0.05) is 24.5 Å². The molecule has 0 bridgehead atoms. The zero-order chi connectivity index (χ0) is 16.9. The molecule has 1 aliphatic rings. The Morgan fingerprint density at radius 1 is 1.46 bits per heavy atom. The van der Waals surface area contributed by atoms with E-state index in [1.54, 1.807) is 0 Å². The number of hydrogen-bond acceptors (Lipinski definition) is 4. The molecule has 7 nitrogen and oxygen atoms in total. The number of fused-ring (bicyclic) bond motifs is 1. The molecule has 1 aromatic heterocycles. The van der Waals surface area contributed by atoms with Crippen molar-refractivity contribution in [2.45, 2.75) is 31.4 Å². The van der Waals surface area contributed by atoms with Crippen LogP contribution in [-0.4, -0.2) is 52.9 Å². The Morgan fingerprint density at radius 2 is 2.33 bits per heavy atom. The fourth-order valence-electron chi connectivity index (χ4n) is 2.84. The summed E-state index contributed by atoms with van der Waals surface area (Å²) in [6, 6.07) is 5.12. The van der Waals surface area contributed by atoms with Crippen molar-refractivity contribution in [3.8, 4) is 0 Å². The number of carbonyl (C=O) groups excluding carboxylic acids is 1. The fraction of sp³-hybridized carbons (Fsp3) is 0.500. The van der Waals surface area contributed by atoms with E-state index in [4.69, 9.17) is 11.6 Å². The molecule has 1 saturated heterocycles. The van der Waals surface area contributed by atoms with E-state index in [0.717, 1.165) is 42.7 Å². The number of imidazole rings is 1. The van der Waals surface area contributed by atoms with E-state index < -0.39 is 6.10 Å². The summed E-state index contributed by atoms with van der Waals surface area (Å²) in [6.45, 7) is 1.86. The van der Waals surface area contributed by atoms with Gasteiger partial charge in [-0.25, -0.2) is 9.78 Å². The number of halogens is 1. The van der Waals surface area contributed by atoms with Crippen molar-refractivity contribution in [3.63, 3.8) is 0 Å². The van der Waals surface area contributed by atoms with Crippen molar-refractivity contribution >= 4 is 28.7 Å². The standard InChI is InChI=1S/C16H22ClN5O2/c17-10-3-4-11-13(8-10)21-15(20-11)2-1-6-19-16(24)22-12-5-7-18-9-14(12)23/h3-4,8,12,14,18,23H,1-2,5-7,9H2,(H,20,21)(H2,19,22,24)/t12-,14-/m1/s1. The zero-order valence-corrected chi connectivity index (χ0v) is 14.1. The van der Waals surface area contributed by atoms with Gasteiger partial charge in [0.1, 0.15) is 5.82 Å². The Kier molecular flexibility index (Phi) is 5.55. The van der Waals surface area contributed by atoms with Crippen molar-refractivity contribution in [1.29, 1.82) is 0 Å². The molecule has 1 fully saturated rings. The molecule has 2 atom stereocenters. The van der Waals surface area contributed by atoms with Gasteiger partial charge in [-0.15, -0.1) is 0 Å². The topological polar surface area (TPSA) is 102 Å². The summed E-state index contributed by atoms with van der Waals surface area (Å²) in [4.78, 5) is 19.6. The number of carbonyl (C=O) groups is 1. The highest BCUT2D eigenvalue weighted by molar-refractivity contribution is 6.31. The number of aromatic nitrogens is 2. The molecular weight excluding hydrogens is 330 g/mol. The fourth-order valence-corrected chi connectivity index (χ4v) is 3.01. The molecular formula is C16H22ClN5O2. The number of rotatable bonds is 5. The zero-order valence-electron chi connectivity index (χ0n) is 13.3. The summed E-state index contributed by atoms with van der Waals surface area (Å²) in [5.41, 5.74) is 1.81. The van der Waals surface area contributed by atoms with Crippen LogP contribution < -0.4 is 16.0 Å². The van der Waals surface area contributed by atoms with E-state index in [1.165, 1.54) is 0 Å². The number of hydrogen-bond donors (Lipinski definition) is 5. The summed E-state index contributed by atoms with van der Waals surface area (Å²) < 4.78 is 0. The minimum absolute atomic E-state index is 0.189. The summed E-state index contributed by atoms with van der Waals surface area (Å²) in [6.07, 6.45) is 1.71. The lowest BCUT2D eigenvalue weighted by molar-refractivity contribution is 0.106. The Hall–Kier alpha value is -1.83. The first-order valence-electron chi connectivity index (χ1n) is 8.19. The van der Waals surface area contributed by atoms with Crippen LogP contribution >= 0.6 is 11.6 Å². The number of amides is 2. The van der Waals surface area contributed by atoms with Crippen LogP contribution in [0.25, 0.3) is 11.0 Å². The van der Waals surface area contributed by atoms with Gasteiger partial charge in [0.25, 0.3) is 0 Å². The van der Waals surface area contributed by atoms with E-state index in [-0.39, 0.29) is 12.1 Å². The summed E-state index contributed by atoms with van der Waals surface area (Å²) >= 11 is 5.96. The molecule has 24 heavy (non-hydrogen) atoms. The predicted molar refractivity (Wildman–Crippen MR) is 93.2 cm³/mol. The highest BCUT2D eigenvalue weighted by Gasteiger charge is 2.23. The average Bonchev–Trinajstić information content (AvgIpc) is 2.95. The Labute approximate surface area is 145 Å².